The Morgan fingerprint density at radius 2 is 1.90 bits per heavy atom. The fraction of sp³-hybridized carbons (Fsp3) is 0. The lowest BCUT2D eigenvalue weighted by Gasteiger charge is -2.01. The number of carboxylic acid groups (broad SMARTS) is 1. The molecule has 0 unspecified atom stereocenters. The summed E-state index contributed by atoms with van der Waals surface area (Å²) in [5.74, 6) is -0.671. The first kappa shape index (κ1) is 20.4. The standard InChI is InChI=1S/C21H12BrIN2O5/c22-12-7-11-8-18(30-19(11)16(23)9-12)20(26)25-24-10-13-5-6-17(29-13)14-3-1-2-4-15(14)21(27)28/h1-10H,(H,25,26)(H,27,28)/b24-10-. The number of rotatable bonds is 5. The molecule has 4 aromatic rings. The molecule has 4 rings (SSSR count). The van der Waals surface area contributed by atoms with E-state index in [-0.39, 0.29) is 11.3 Å². The topological polar surface area (TPSA) is 105 Å². The summed E-state index contributed by atoms with van der Waals surface area (Å²) in [6.45, 7) is 0. The largest absolute Gasteiger partial charge is 0.478 e. The SMILES string of the molecule is O=C(N/N=C\c1ccc(-c2ccccc2C(=O)O)o1)c1cc2cc(Br)cc(I)c2o1. The summed E-state index contributed by atoms with van der Waals surface area (Å²) in [5.41, 5.74) is 3.60. The van der Waals surface area contributed by atoms with Gasteiger partial charge in [-0.05, 0) is 59.0 Å². The van der Waals surface area contributed by atoms with E-state index in [4.69, 9.17) is 8.83 Å². The third-order valence-corrected chi connectivity index (χ3v) is 5.43. The fourth-order valence-corrected chi connectivity index (χ4v) is 4.51. The van der Waals surface area contributed by atoms with Crippen LogP contribution in [0.1, 0.15) is 26.7 Å². The van der Waals surface area contributed by atoms with Gasteiger partial charge in [-0.1, -0.05) is 34.1 Å². The molecule has 2 N–H and O–H groups in total. The van der Waals surface area contributed by atoms with Crippen molar-refractivity contribution in [2.75, 3.05) is 0 Å². The van der Waals surface area contributed by atoms with E-state index in [1.54, 1.807) is 36.4 Å². The van der Waals surface area contributed by atoms with Crippen molar-refractivity contribution in [2.45, 2.75) is 0 Å². The molecule has 0 saturated heterocycles. The number of nitrogens with zero attached hydrogens (tertiary/aromatic N) is 1. The zero-order valence-corrected chi connectivity index (χ0v) is 18.8. The van der Waals surface area contributed by atoms with Gasteiger partial charge in [0, 0.05) is 15.4 Å². The van der Waals surface area contributed by atoms with Gasteiger partial charge in [0.1, 0.15) is 17.1 Å². The van der Waals surface area contributed by atoms with Gasteiger partial charge in [0.05, 0.1) is 15.3 Å². The maximum absolute atomic E-state index is 12.3. The number of furan rings is 2. The number of hydrogen-bond donors (Lipinski definition) is 2. The number of hydrazone groups is 1. The molecule has 9 heteroatoms. The van der Waals surface area contributed by atoms with Crippen molar-refractivity contribution in [3.63, 3.8) is 0 Å². The summed E-state index contributed by atoms with van der Waals surface area (Å²) in [6, 6.07) is 15.2. The third kappa shape index (κ3) is 4.17. The van der Waals surface area contributed by atoms with Gasteiger partial charge >= 0.3 is 11.9 Å². The quantitative estimate of drug-likeness (QED) is 0.184. The Kier molecular flexibility index (Phi) is 5.73. The van der Waals surface area contributed by atoms with Crippen LogP contribution in [0.2, 0.25) is 0 Å². The molecule has 0 spiro atoms. The number of benzene rings is 2. The van der Waals surface area contributed by atoms with Crippen molar-refractivity contribution in [1.82, 2.24) is 5.43 Å². The molecule has 2 heterocycles. The van der Waals surface area contributed by atoms with Gasteiger partial charge in [0.25, 0.3) is 0 Å². The van der Waals surface area contributed by atoms with E-state index in [9.17, 15) is 14.7 Å². The molecule has 7 nitrogen and oxygen atoms in total. The molecule has 0 atom stereocenters. The second kappa shape index (κ2) is 8.44. The lowest BCUT2D eigenvalue weighted by atomic mass is 10.1. The summed E-state index contributed by atoms with van der Waals surface area (Å²) in [7, 11) is 0. The fourth-order valence-electron chi connectivity index (χ4n) is 2.85. The van der Waals surface area contributed by atoms with Crippen molar-refractivity contribution in [1.29, 1.82) is 0 Å². The molecule has 2 aromatic carbocycles. The smallest absolute Gasteiger partial charge is 0.336 e. The van der Waals surface area contributed by atoms with Crippen LogP contribution < -0.4 is 5.43 Å². The Labute approximate surface area is 192 Å². The van der Waals surface area contributed by atoms with Crippen molar-refractivity contribution in [2.24, 2.45) is 5.10 Å². The maximum Gasteiger partial charge on any atom is 0.336 e. The van der Waals surface area contributed by atoms with Gasteiger partial charge in [-0.3, -0.25) is 4.79 Å². The van der Waals surface area contributed by atoms with E-state index in [0.29, 0.717) is 22.7 Å². The summed E-state index contributed by atoms with van der Waals surface area (Å²) < 4.78 is 13.0. The van der Waals surface area contributed by atoms with Crippen LogP contribution in [0.4, 0.5) is 0 Å². The normalized spacial score (nSPS) is 11.3. The predicted molar refractivity (Wildman–Crippen MR) is 123 cm³/mol. The highest BCUT2D eigenvalue weighted by Crippen LogP contribution is 2.28. The van der Waals surface area contributed by atoms with Gasteiger partial charge in [0.15, 0.2) is 5.76 Å². The van der Waals surface area contributed by atoms with Crippen LogP contribution in [0.3, 0.4) is 0 Å². The molecule has 0 aliphatic heterocycles. The third-order valence-electron chi connectivity index (χ3n) is 4.17. The molecule has 0 fully saturated rings. The zero-order chi connectivity index (χ0) is 21.3. The number of nitrogens with one attached hydrogen (secondary N) is 1. The van der Waals surface area contributed by atoms with E-state index in [1.807, 2.05) is 12.1 Å². The van der Waals surface area contributed by atoms with Gasteiger partial charge < -0.3 is 13.9 Å². The number of halogens is 2. The number of aromatic carboxylic acids is 1. The van der Waals surface area contributed by atoms with Gasteiger partial charge in [-0.2, -0.15) is 5.10 Å². The minimum atomic E-state index is -1.04. The lowest BCUT2D eigenvalue weighted by molar-refractivity contribution is 0.0697. The lowest BCUT2D eigenvalue weighted by Crippen LogP contribution is -2.16. The van der Waals surface area contributed by atoms with Crippen LogP contribution >= 0.6 is 38.5 Å². The molecule has 2 aromatic heterocycles. The molecule has 0 aliphatic carbocycles. The summed E-state index contributed by atoms with van der Waals surface area (Å²) >= 11 is 5.55. The van der Waals surface area contributed by atoms with Crippen molar-refractivity contribution in [3.8, 4) is 11.3 Å². The molecule has 0 aliphatic rings. The van der Waals surface area contributed by atoms with Crippen LogP contribution in [-0.2, 0) is 0 Å². The van der Waals surface area contributed by atoms with Gasteiger partial charge in [-0.15, -0.1) is 0 Å². The van der Waals surface area contributed by atoms with Crippen LogP contribution in [0.15, 0.2) is 73.0 Å². The minimum absolute atomic E-state index is 0.133. The van der Waals surface area contributed by atoms with Crippen LogP contribution in [0, 0.1) is 3.57 Å². The van der Waals surface area contributed by atoms with Gasteiger partial charge in [-0.25, -0.2) is 10.2 Å². The zero-order valence-electron chi connectivity index (χ0n) is 15.1. The van der Waals surface area contributed by atoms with Crippen molar-refractivity contribution in [3.05, 3.63) is 79.7 Å². The average Bonchev–Trinajstić information content (AvgIpc) is 3.35. The van der Waals surface area contributed by atoms with Crippen LogP contribution in [0.25, 0.3) is 22.3 Å². The van der Waals surface area contributed by atoms with E-state index in [2.05, 4.69) is 49.0 Å². The second-order valence-corrected chi connectivity index (χ2v) is 8.25. The number of carbonyl (C=O) groups is 2. The number of amides is 1. The first-order chi connectivity index (χ1) is 14.4. The van der Waals surface area contributed by atoms with Crippen molar-refractivity contribution >= 4 is 67.6 Å². The monoisotopic (exact) mass is 578 g/mol. The van der Waals surface area contributed by atoms with Gasteiger partial charge in [0.2, 0.25) is 0 Å². The number of carbonyl (C=O) groups excluding carboxylic acids is 1. The average molecular weight is 579 g/mol. The van der Waals surface area contributed by atoms with Crippen molar-refractivity contribution < 1.29 is 23.5 Å². The summed E-state index contributed by atoms with van der Waals surface area (Å²) in [5, 5.41) is 14.0. The summed E-state index contributed by atoms with van der Waals surface area (Å²) in [6.07, 6.45) is 1.33. The molecule has 30 heavy (non-hydrogen) atoms. The first-order valence-electron chi connectivity index (χ1n) is 8.57. The van der Waals surface area contributed by atoms with Crippen LogP contribution in [0.5, 0.6) is 0 Å². The first-order valence-corrected chi connectivity index (χ1v) is 10.4. The maximum atomic E-state index is 12.3. The molecule has 1 amide bonds. The number of carboxylic acids is 1. The highest BCUT2D eigenvalue weighted by Gasteiger charge is 2.15. The predicted octanol–water partition coefficient (Wildman–Crippen LogP) is 5.52. The molecule has 0 saturated carbocycles. The number of fused-ring (bicyclic) bond motifs is 1. The molecular formula is C21H12BrIN2O5. The Morgan fingerprint density at radius 1 is 1.10 bits per heavy atom. The van der Waals surface area contributed by atoms with E-state index in [1.165, 1.54) is 12.3 Å². The Bertz CT molecular complexity index is 1310. The van der Waals surface area contributed by atoms with E-state index in [0.717, 1.165) is 13.4 Å². The minimum Gasteiger partial charge on any atom is -0.478 e. The van der Waals surface area contributed by atoms with E-state index >= 15 is 0 Å². The second-order valence-electron chi connectivity index (χ2n) is 6.17. The highest BCUT2D eigenvalue weighted by atomic mass is 127. The molecular weight excluding hydrogens is 567 g/mol. The Balaban J connectivity index is 1.49. The van der Waals surface area contributed by atoms with E-state index < -0.39 is 11.9 Å². The molecule has 0 bridgehead atoms. The Morgan fingerprint density at radius 3 is 2.70 bits per heavy atom. The molecule has 0 radical (unpaired) electrons. The molecule has 150 valence electrons. The Hall–Kier alpha value is -2.92. The number of hydrogen-bond acceptors (Lipinski definition) is 5. The summed E-state index contributed by atoms with van der Waals surface area (Å²) in [4.78, 5) is 23.7. The van der Waals surface area contributed by atoms with Crippen LogP contribution in [-0.4, -0.2) is 23.2 Å². The highest BCUT2D eigenvalue weighted by molar-refractivity contribution is 14.1.